The monoisotopic (exact) mass is 372 g/mol. The van der Waals surface area contributed by atoms with E-state index in [2.05, 4.69) is 19.9 Å². The number of aliphatic imine (C=N–C) groups is 1. The van der Waals surface area contributed by atoms with Crippen LogP contribution < -0.4 is 0 Å². The van der Waals surface area contributed by atoms with Crippen LogP contribution in [0, 0.1) is 0 Å². The molecule has 1 aliphatic heterocycles. The van der Waals surface area contributed by atoms with Crippen molar-refractivity contribution in [2.45, 2.75) is 45.1 Å². The third kappa shape index (κ3) is 4.56. The minimum atomic E-state index is -0.493. The largest absolute Gasteiger partial charge is 0.444 e. The fourth-order valence-electron chi connectivity index (χ4n) is 3.28. The van der Waals surface area contributed by atoms with Crippen LogP contribution in [-0.2, 0) is 4.74 Å². The first kappa shape index (κ1) is 19.1. The molecule has 2 aromatic rings. The third-order valence-electron chi connectivity index (χ3n) is 4.40. The number of amides is 1. The van der Waals surface area contributed by atoms with Crippen molar-refractivity contribution in [2.24, 2.45) is 4.99 Å². The van der Waals surface area contributed by atoms with Crippen LogP contribution in [0.25, 0.3) is 11.0 Å². The van der Waals surface area contributed by atoms with Crippen molar-refractivity contribution in [3.05, 3.63) is 18.1 Å². The van der Waals surface area contributed by atoms with Gasteiger partial charge in [-0.2, -0.15) is 0 Å². The van der Waals surface area contributed by atoms with Crippen molar-refractivity contribution < 1.29 is 9.53 Å². The number of hydrogen-bond donors (Lipinski definition) is 1. The van der Waals surface area contributed by atoms with Crippen LogP contribution in [0.4, 0.5) is 10.6 Å². The van der Waals surface area contributed by atoms with E-state index >= 15 is 0 Å². The molecule has 0 bridgehead atoms. The van der Waals surface area contributed by atoms with E-state index in [0.717, 1.165) is 36.0 Å². The van der Waals surface area contributed by atoms with Crippen LogP contribution in [0.15, 0.2) is 17.5 Å². The number of aromatic nitrogens is 3. The lowest BCUT2D eigenvalue weighted by atomic mass is 9.91. The van der Waals surface area contributed by atoms with E-state index in [4.69, 9.17) is 4.74 Å². The summed E-state index contributed by atoms with van der Waals surface area (Å²) in [6.45, 7) is 7.00. The number of piperidine rings is 1. The highest BCUT2D eigenvalue weighted by Gasteiger charge is 2.30. The molecule has 3 heterocycles. The van der Waals surface area contributed by atoms with E-state index in [0.29, 0.717) is 12.4 Å². The fourth-order valence-corrected chi connectivity index (χ4v) is 3.28. The lowest BCUT2D eigenvalue weighted by molar-refractivity contribution is 0.0198. The summed E-state index contributed by atoms with van der Waals surface area (Å²) < 4.78 is 5.54. The van der Waals surface area contributed by atoms with Gasteiger partial charge in [-0.15, -0.1) is 0 Å². The molecule has 27 heavy (non-hydrogen) atoms. The Morgan fingerprint density at radius 3 is 2.89 bits per heavy atom. The summed E-state index contributed by atoms with van der Waals surface area (Å²) in [5.41, 5.74) is 1.37. The minimum Gasteiger partial charge on any atom is -0.444 e. The van der Waals surface area contributed by atoms with Crippen molar-refractivity contribution >= 4 is 29.3 Å². The highest BCUT2D eigenvalue weighted by atomic mass is 16.6. The molecule has 0 aliphatic carbocycles. The van der Waals surface area contributed by atoms with E-state index in [9.17, 15) is 4.79 Å². The molecule has 1 aliphatic rings. The highest BCUT2D eigenvalue weighted by molar-refractivity contribution is 5.90. The van der Waals surface area contributed by atoms with Crippen molar-refractivity contribution in [1.82, 2.24) is 24.8 Å². The Hall–Kier alpha value is -2.64. The molecule has 1 amide bonds. The maximum absolute atomic E-state index is 12.5. The van der Waals surface area contributed by atoms with Gasteiger partial charge in [-0.05, 0) is 39.2 Å². The van der Waals surface area contributed by atoms with E-state index < -0.39 is 5.60 Å². The molecule has 1 unspecified atom stereocenters. The molecule has 1 atom stereocenters. The van der Waals surface area contributed by atoms with Gasteiger partial charge in [0.15, 0.2) is 5.82 Å². The summed E-state index contributed by atoms with van der Waals surface area (Å²) in [4.78, 5) is 32.5. The molecule has 3 rings (SSSR count). The number of likely N-dealkylation sites (tertiary alicyclic amines) is 1. The van der Waals surface area contributed by atoms with E-state index in [1.165, 1.54) is 6.33 Å². The fraction of sp³-hybridized carbons (Fsp3) is 0.579. The molecule has 8 nitrogen and oxygen atoms in total. The molecule has 8 heteroatoms. The first-order chi connectivity index (χ1) is 12.7. The van der Waals surface area contributed by atoms with Gasteiger partial charge in [-0.1, -0.05) is 0 Å². The molecular formula is C19H28N6O2. The second kappa shape index (κ2) is 7.54. The number of aromatic amines is 1. The first-order valence-corrected chi connectivity index (χ1v) is 9.25. The van der Waals surface area contributed by atoms with E-state index in [-0.39, 0.29) is 12.0 Å². The van der Waals surface area contributed by atoms with Gasteiger partial charge in [-0.25, -0.2) is 19.8 Å². The number of fused-ring (bicyclic) bond motifs is 1. The molecule has 2 aromatic heterocycles. The topological polar surface area (TPSA) is 86.7 Å². The Morgan fingerprint density at radius 1 is 1.41 bits per heavy atom. The maximum Gasteiger partial charge on any atom is 0.410 e. The first-order valence-electron chi connectivity index (χ1n) is 9.25. The lowest BCUT2D eigenvalue weighted by Gasteiger charge is -2.34. The third-order valence-corrected chi connectivity index (χ3v) is 4.40. The Labute approximate surface area is 159 Å². The van der Waals surface area contributed by atoms with Crippen LogP contribution in [0.2, 0.25) is 0 Å². The molecule has 0 saturated carbocycles. The smallest absolute Gasteiger partial charge is 0.410 e. The summed E-state index contributed by atoms with van der Waals surface area (Å²) in [5, 5.41) is 0.923. The second-order valence-electron chi connectivity index (χ2n) is 8.14. The zero-order chi connectivity index (χ0) is 19.6. The summed E-state index contributed by atoms with van der Waals surface area (Å²) in [6.07, 6.45) is 6.88. The molecule has 1 fully saturated rings. The van der Waals surface area contributed by atoms with Gasteiger partial charge in [-0.3, -0.25) is 0 Å². The van der Waals surface area contributed by atoms with Crippen LogP contribution >= 0.6 is 0 Å². The Kier molecular flexibility index (Phi) is 5.34. The predicted molar refractivity (Wildman–Crippen MR) is 106 cm³/mol. The normalized spacial score (nSPS) is 18.3. The summed E-state index contributed by atoms with van der Waals surface area (Å²) in [7, 11) is 3.83. The van der Waals surface area contributed by atoms with Crippen LogP contribution in [-0.4, -0.2) is 70.0 Å². The molecule has 0 aromatic carbocycles. The quantitative estimate of drug-likeness (QED) is 0.660. The Morgan fingerprint density at radius 2 is 2.19 bits per heavy atom. The van der Waals surface area contributed by atoms with Crippen LogP contribution in [0.1, 0.15) is 45.1 Å². The number of ether oxygens (including phenoxy) is 1. The van der Waals surface area contributed by atoms with Crippen molar-refractivity contribution in [2.75, 3.05) is 27.2 Å². The van der Waals surface area contributed by atoms with E-state index in [1.807, 2.05) is 46.0 Å². The SMILES string of the molecule is CN(C)C=Nc1ncnc2[nH]cc(C3CCCN(C(=O)OC(C)(C)C)C3)c12. The van der Waals surface area contributed by atoms with Gasteiger partial charge < -0.3 is 19.5 Å². The maximum atomic E-state index is 12.5. The van der Waals surface area contributed by atoms with Gasteiger partial charge >= 0.3 is 6.09 Å². The zero-order valence-corrected chi connectivity index (χ0v) is 16.7. The van der Waals surface area contributed by atoms with Crippen molar-refractivity contribution in [3.63, 3.8) is 0 Å². The average molecular weight is 372 g/mol. The minimum absolute atomic E-state index is 0.194. The molecule has 1 saturated heterocycles. The predicted octanol–water partition coefficient (Wildman–Crippen LogP) is 3.29. The molecular weight excluding hydrogens is 344 g/mol. The summed E-state index contributed by atoms with van der Waals surface area (Å²) >= 11 is 0. The highest BCUT2D eigenvalue weighted by Crippen LogP contribution is 2.35. The molecule has 0 radical (unpaired) electrons. The number of nitrogens with zero attached hydrogens (tertiary/aromatic N) is 5. The number of carbonyl (C=O) groups excluding carboxylic acids is 1. The second-order valence-corrected chi connectivity index (χ2v) is 8.14. The zero-order valence-electron chi connectivity index (χ0n) is 16.7. The molecule has 0 spiro atoms. The Bertz CT molecular complexity index is 836. The number of rotatable bonds is 3. The van der Waals surface area contributed by atoms with Crippen LogP contribution in [0.5, 0.6) is 0 Å². The van der Waals surface area contributed by atoms with E-state index in [1.54, 1.807) is 11.2 Å². The van der Waals surface area contributed by atoms with Gasteiger partial charge in [0.25, 0.3) is 0 Å². The summed E-state index contributed by atoms with van der Waals surface area (Å²) in [6, 6.07) is 0. The Balaban J connectivity index is 1.87. The number of H-pyrrole nitrogens is 1. The van der Waals surface area contributed by atoms with Gasteiger partial charge in [0.2, 0.25) is 0 Å². The van der Waals surface area contributed by atoms with Gasteiger partial charge in [0.1, 0.15) is 17.6 Å². The lowest BCUT2D eigenvalue weighted by Crippen LogP contribution is -2.42. The molecule has 146 valence electrons. The average Bonchev–Trinajstić information content (AvgIpc) is 3.03. The van der Waals surface area contributed by atoms with Crippen LogP contribution in [0.3, 0.4) is 0 Å². The van der Waals surface area contributed by atoms with Crippen molar-refractivity contribution in [1.29, 1.82) is 0 Å². The van der Waals surface area contributed by atoms with Gasteiger partial charge in [0, 0.05) is 39.3 Å². The summed E-state index contributed by atoms with van der Waals surface area (Å²) in [5.74, 6) is 0.832. The standard InChI is InChI=1S/C19H28N6O2/c1-19(2,3)27-18(26)25-8-6-7-13(10-25)14-9-20-16-15(14)17(22-11-21-16)23-12-24(4)5/h9,11-13H,6-8,10H2,1-5H3,(H,20,21,22). The number of carbonyl (C=O) groups is 1. The van der Waals surface area contributed by atoms with Gasteiger partial charge in [0.05, 0.1) is 11.7 Å². The van der Waals surface area contributed by atoms with Crippen molar-refractivity contribution in [3.8, 4) is 0 Å². The number of hydrogen-bond acceptors (Lipinski definition) is 5. The molecule has 1 N–H and O–H groups in total. The number of nitrogens with one attached hydrogen (secondary N) is 1.